The molecule has 0 saturated heterocycles. The highest BCUT2D eigenvalue weighted by molar-refractivity contribution is 9.10. The summed E-state index contributed by atoms with van der Waals surface area (Å²) in [6.07, 6.45) is 0.890. The fourth-order valence-electron chi connectivity index (χ4n) is 1.44. The summed E-state index contributed by atoms with van der Waals surface area (Å²) in [4.78, 5) is 13.1. The van der Waals surface area contributed by atoms with Crippen LogP contribution in [0.1, 0.15) is 15.9 Å². The lowest BCUT2D eigenvalue weighted by atomic mass is 10.2. The molecule has 0 amide bonds. The summed E-state index contributed by atoms with van der Waals surface area (Å²) in [5, 5.41) is 0. The second kappa shape index (κ2) is 5.52. The largest absolute Gasteiger partial charge is 0.298 e. The zero-order chi connectivity index (χ0) is 12.3. The number of hydrogen-bond acceptors (Lipinski definition) is 2. The van der Waals surface area contributed by atoms with Gasteiger partial charge >= 0.3 is 0 Å². The molecule has 0 bridgehead atoms. The minimum Gasteiger partial charge on any atom is -0.298 e. The molecule has 2 aromatic rings. The van der Waals surface area contributed by atoms with E-state index in [1.54, 1.807) is 11.8 Å². The summed E-state index contributed by atoms with van der Waals surface area (Å²) >= 11 is 4.97. The van der Waals surface area contributed by atoms with Gasteiger partial charge in [0.15, 0.2) is 6.29 Å². The van der Waals surface area contributed by atoms with Gasteiger partial charge in [0.25, 0.3) is 0 Å². The van der Waals surface area contributed by atoms with Crippen LogP contribution in [0.15, 0.2) is 56.7 Å². The molecule has 0 aliphatic heterocycles. The monoisotopic (exact) mass is 306 g/mol. The molecule has 1 nitrogen and oxygen atoms in total. The third kappa shape index (κ3) is 3.20. The minimum absolute atomic E-state index is 0.713. The molecule has 0 atom stereocenters. The third-order valence-corrected chi connectivity index (χ3v) is 3.94. The Morgan fingerprint density at radius 3 is 2.47 bits per heavy atom. The predicted octanol–water partition coefficient (Wildman–Crippen LogP) is 4.72. The molecule has 0 unspecified atom stereocenters. The highest BCUT2D eigenvalue weighted by Gasteiger charge is 2.04. The molecule has 0 N–H and O–H groups in total. The van der Waals surface area contributed by atoms with Crippen LogP contribution in [0.3, 0.4) is 0 Å². The summed E-state index contributed by atoms with van der Waals surface area (Å²) in [6, 6.07) is 14.0. The van der Waals surface area contributed by atoms with Crippen molar-refractivity contribution in [2.45, 2.75) is 16.7 Å². The van der Waals surface area contributed by atoms with Crippen molar-refractivity contribution in [2.24, 2.45) is 0 Å². The first-order chi connectivity index (χ1) is 8.19. The van der Waals surface area contributed by atoms with E-state index < -0.39 is 0 Å². The average Bonchev–Trinajstić information content (AvgIpc) is 2.34. The van der Waals surface area contributed by atoms with E-state index in [0.717, 1.165) is 20.5 Å². The maximum atomic E-state index is 11.0. The number of aldehydes is 1. The van der Waals surface area contributed by atoms with Crippen LogP contribution in [0.4, 0.5) is 0 Å². The Morgan fingerprint density at radius 1 is 1.12 bits per heavy atom. The Morgan fingerprint density at radius 2 is 1.82 bits per heavy atom. The van der Waals surface area contributed by atoms with E-state index in [4.69, 9.17) is 0 Å². The molecule has 0 heterocycles. The van der Waals surface area contributed by atoms with Gasteiger partial charge in [-0.05, 0) is 37.3 Å². The topological polar surface area (TPSA) is 17.1 Å². The molecule has 86 valence electrons. The zero-order valence-corrected chi connectivity index (χ0v) is 11.7. The molecule has 0 fully saturated rings. The fourth-order valence-corrected chi connectivity index (χ4v) is 2.70. The van der Waals surface area contributed by atoms with E-state index >= 15 is 0 Å². The SMILES string of the molecule is Cc1ccc(Sc2ccc(Br)cc2C=O)cc1. The Bertz CT molecular complexity index is 534. The van der Waals surface area contributed by atoms with Gasteiger partial charge in [-0.1, -0.05) is 45.4 Å². The van der Waals surface area contributed by atoms with Crippen LogP contribution in [0.5, 0.6) is 0 Å². The van der Waals surface area contributed by atoms with Crippen molar-refractivity contribution in [1.29, 1.82) is 0 Å². The van der Waals surface area contributed by atoms with E-state index in [9.17, 15) is 4.79 Å². The maximum absolute atomic E-state index is 11.0. The molecule has 2 aromatic carbocycles. The summed E-state index contributed by atoms with van der Waals surface area (Å²) in [5.74, 6) is 0. The quantitative estimate of drug-likeness (QED) is 0.763. The molecule has 0 aliphatic carbocycles. The molecule has 0 radical (unpaired) electrons. The highest BCUT2D eigenvalue weighted by atomic mass is 79.9. The summed E-state index contributed by atoms with van der Waals surface area (Å²) in [7, 11) is 0. The second-order valence-corrected chi connectivity index (χ2v) is 5.75. The van der Waals surface area contributed by atoms with Gasteiger partial charge in [-0.3, -0.25) is 4.79 Å². The molecule has 2 rings (SSSR count). The van der Waals surface area contributed by atoms with Gasteiger partial charge in [0.05, 0.1) is 0 Å². The average molecular weight is 307 g/mol. The number of halogens is 1. The van der Waals surface area contributed by atoms with E-state index in [1.165, 1.54) is 5.56 Å². The lowest BCUT2D eigenvalue weighted by molar-refractivity contribution is 0.112. The summed E-state index contributed by atoms with van der Waals surface area (Å²) in [5.41, 5.74) is 1.95. The van der Waals surface area contributed by atoms with Crippen LogP contribution in [-0.4, -0.2) is 6.29 Å². The van der Waals surface area contributed by atoms with Crippen LogP contribution in [-0.2, 0) is 0 Å². The summed E-state index contributed by atoms with van der Waals surface area (Å²) in [6.45, 7) is 2.06. The maximum Gasteiger partial charge on any atom is 0.151 e. The van der Waals surface area contributed by atoms with Gasteiger partial charge < -0.3 is 0 Å². The van der Waals surface area contributed by atoms with Gasteiger partial charge in [-0.15, -0.1) is 0 Å². The number of benzene rings is 2. The number of carbonyl (C=O) groups excluding carboxylic acids is 1. The number of carbonyl (C=O) groups is 1. The van der Waals surface area contributed by atoms with E-state index in [1.807, 2.05) is 18.2 Å². The standard InChI is InChI=1S/C14H11BrOS/c1-10-2-5-13(6-3-10)17-14-7-4-12(15)8-11(14)9-16/h2-9H,1H3. The van der Waals surface area contributed by atoms with Crippen LogP contribution in [0.25, 0.3) is 0 Å². The van der Waals surface area contributed by atoms with E-state index in [0.29, 0.717) is 5.56 Å². The number of rotatable bonds is 3. The smallest absolute Gasteiger partial charge is 0.151 e. The number of aryl methyl sites for hydroxylation is 1. The van der Waals surface area contributed by atoms with Gasteiger partial charge in [0.1, 0.15) is 0 Å². The lowest BCUT2D eigenvalue weighted by Crippen LogP contribution is -1.85. The lowest BCUT2D eigenvalue weighted by Gasteiger charge is -2.05. The second-order valence-electron chi connectivity index (χ2n) is 3.72. The van der Waals surface area contributed by atoms with Gasteiger partial charge in [0, 0.05) is 19.8 Å². The van der Waals surface area contributed by atoms with Crippen LogP contribution >= 0.6 is 27.7 Å². The van der Waals surface area contributed by atoms with Crippen molar-refractivity contribution >= 4 is 34.0 Å². The molecule has 0 aromatic heterocycles. The van der Waals surface area contributed by atoms with Gasteiger partial charge in [0.2, 0.25) is 0 Å². The third-order valence-electron chi connectivity index (χ3n) is 2.35. The first-order valence-electron chi connectivity index (χ1n) is 5.18. The van der Waals surface area contributed by atoms with Crippen molar-refractivity contribution < 1.29 is 4.79 Å². The summed E-state index contributed by atoms with van der Waals surface area (Å²) < 4.78 is 0.924. The van der Waals surface area contributed by atoms with E-state index in [2.05, 4.69) is 47.1 Å². The Balaban J connectivity index is 2.29. The van der Waals surface area contributed by atoms with Gasteiger partial charge in [-0.25, -0.2) is 0 Å². The molecule has 3 heteroatoms. The number of hydrogen-bond donors (Lipinski definition) is 0. The molecular weight excluding hydrogens is 296 g/mol. The highest BCUT2D eigenvalue weighted by Crippen LogP contribution is 2.31. The molecule has 0 saturated carbocycles. The van der Waals surface area contributed by atoms with Crippen molar-refractivity contribution in [3.05, 3.63) is 58.1 Å². The van der Waals surface area contributed by atoms with Crippen molar-refractivity contribution in [1.82, 2.24) is 0 Å². The van der Waals surface area contributed by atoms with Gasteiger partial charge in [-0.2, -0.15) is 0 Å². The van der Waals surface area contributed by atoms with Crippen LogP contribution in [0, 0.1) is 6.92 Å². The first kappa shape index (κ1) is 12.4. The van der Waals surface area contributed by atoms with Crippen molar-refractivity contribution in [3.63, 3.8) is 0 Å². The van der Waals surface area contributed by atoms with Crippen LogP contribution < -0.4 is 0 Å². The van der Waals surface area contributed by atoms with E-state index in [-0.39, 0.29) is 0 Å². The van der Waals surface area contributed by atoms with Crippen molar-refractivity contribution in [2.75, 3.05) is 0 Å². The first-order valence-corrected chi connectivity index (χ1v) is 6.79. The fraction of sp³-hybridized carbons (Fsp3) is 0.0714. The molecule has 0 aliphatic rings. The Labute approximate surface area is 113 Å². The Hall–Kier alpha value is -1.06. The minimum atomic E-state index is 0.713. The van der Waals surface area contributed by atoms with Crippen LogP contribution in [0.2, 0.25) is 0 Å². The zero-order valence-electron chi connectivity index (χ0n) is 9.31. The molecular formula is C14H11BrOS. The van der Waals surface area contributed by atoms with Crippen molar-refractivity contribution in [3.8, 4) is 0 Å². The Kier molecular flexibility index (Phi) is 4.02. The molecule has 17 heavy (non-hydrogen) atoms. The molecule has 0 spiro atoms. The normalized spacial score (nSPS) is 10.2. The predicted molar refractivity (Wildman–Crippen MR) is 74.8 cm³/mol.